The molecule has 0 aromatic heterocycles. The molecule has 0 N–H and O–H groups in total. The monoisotopic (exact) mass is 381 g/mol. The quantitative estimate of drug-likeness (QED) is 0.420. The predicted octanol–water partition coefficient (Wildman–Crippen LogP) is -8.22. The Labute approximate surface area is 154 Å². The molecule has 1 rings (SSSR count). The van der Waals surface area contributed by atoms with Crippen LogP contribution in [0.1, 0.15) is 19.3 Å². The van der Waals surface area contributed by atoms with E-state index in [0.29, 0.717) is 0 Å². The van der Waals surface area contributed by atoms with Crippen molar-refractivity contribution in [2.24, 2.45) is 0 Å². The summed E-state index contributed by atoms with van der Waals surface area (Å²) in [4.78, 5) is 4.85. The Morgan fingerprint density at radius 1 is 0.850 bits per heavy atom. The molecule has 1 aliphatic heterocycles. The third kappa shape index (κ3) is 11.1. The van der Waals surface area contributed by atoms with Gasteiger partial charge in [-0.2, -0.15) is 0 Å². The molecule has 0 amide bonds. The number of rotatable bonds is 1. The first kappa shape index (κ1) is 26.3. The minimum Gasteiger partial charge on any atom is -1.00 e. The molecule has 0 saturated carbocycles. The van der Waals surface area contributed by atoms with Crippen LogP contribution in [0.15, 0.2) is 0 Å². The zero-order chi connectivity index (χ0) is 12.7. The van der Waals surface area contributed by atoms with E-state index in [1.165, 1.54) is 32.5 Å². The molecule has 1 saturated heterocycles. The molecule has 1 unspecified atom stereocenters. The fourth-order valence-corrected chi connectivity index (χ4v) is 2.83. The molecule has 8 heteroatoms. The zero-order valence-corrected chi connectivity index (χ0v) is 16.4. The van der Waals surface area contributed by atoms with Crippen LogP contribution in [0.2, 0.25) is 0 Å². The van der Waals surface area contributed by atoms with Crippen molar-refractivity contribution in [1.29, 1.82) is 0 Å². The van der Waals surface area contributed by atoms with Crippen molar-refractivity contribution in [3.8, 4) is 0 Å². The van der Waals surface area contributed by atoms with Crippen molar-refractivity contribution >= 4 is 0 Å². The fraction of sp³-hybridized carbons (Fsp3) is 1.00. The van der Waals surface area contributed by atoms with E-state index in [1.54, 1.807) is 0 Å². The van der Waals surface area contributed by atoms with Gasteiger partial charge in [-0.15, -0.1) is 0 Å². The van der Waals surface area contributed by atoms with Crippen LogP contribution in [0.5, 0.6) is 0 Å². The fourth-order valence-electron chi connectivity index (χ4n) is 2.22. The van der Waals surface area contributed by atoms with Gasteiger partial charge < -0.3 is 37.2 Å². The van der Waals surface area contributed by atoms with Crippen LogP contribution >= 0.6 is 0 Å². The Balaban J connectivity index is -0.000000963. The normalized spacial score (nSPS) is 24.4. The summed E-state index contributed by atoms with van der Waals surface area (Å²) >= 11 is 2.17. The van der Waals surface area contributed by atoms with Gasteiger partial charge in [-0.1, -0.05) is 0 Å². The van der Waals surface area contributed by atoms with Crippen LogP contribution in [-0.2, 0) is 25.4 Å². The first-order valence-corrected chi connectivity index (χ1v) is 7.21. The molecular formula is C12H26Cl3N3OTi. The third-order valence-corrected chi connectivity index (χ3v) is 4.19. The second-order valence-electron chi connectivity index (χ2n) is 4.99. The van der Waals surface area contributed by atoms with Gasteiger partial charge in [-0.05, 0) is 0 Å². The zero-order valence-electron chi connectivity index (χ0n) is 12.6. The van der Waals surface area contributed by atoms with Crippen molar-refractivity contribution in [2.45, 2.75) is 25.5 Å². The molecule has 1 fully saturated rings. The summed E-state index contributed by atoms with van der Waals surface area (Å²) in [5, 5.41) is 0. The van der Waals surface area contributed by atoms with E-state index in [4.69, 9.17) is 4.74 Å². The molecule has 0 radical (unpaired) electrons. The average Bonchev–Trinajstić information content (AvgIpc) is 2.28. The molecule has 120 valence electrons. The largest absolute Gasteiger partial charge is 1.00 e. The second-order valence-corrected chi connectivity index (χ2v) is 5.88. The predicted molar refractivity (Wildman–Crippen MR) is 66.3 cm³/mol. The second kappa shape index (κ2) is 15.3. The van der Waals surface area contributed by atoms with Crippen LogP contribution in [0.3, 0.4) is 0 Å². The average molecular weight is 383 g/mol. The smallest absolute Gasteiger partial charge is 1.00 e. The van der Waals surface area contributed by atoms with Gasteiger partial charge in [0.1, 0.15) is 0 Å². The van der Waals surface area contributed by atoms with E-state index < -0.39 is 0 Å². The van der Waals surface area contributed by atoms with Crippen molar-refractivity contribution in [3.05, 3.63) is 0 Å². The van der Waals surface area contributed by atoms with Gasteiger partial charge in [0, 0.05) is 0 Å². The number of methoxy groups -OCH3 is 1. The Bertz CT molecular complexity index is 218. The van der Waals surface area contributed by atoms with E-state index >= 15 is 0 Å². The van der Waals surface area contributed by atoms with Gasteiger partial charge in [0.25, 0.3) is 0 Å². The summed E-state index contributed by atoms with van der Waals surface area (Å²) in [6.45, 7) is 5.82. The van der Waals surface area contributed by atoms with Gasteiger partial charge >= 0.3 is 118 Å². The maximum Gasteiger partial charge on any atom is -1.00 e. The maximum absolute atomic E-state index is 5.57. The maximum atomic E-state index is 5.57. The molecule has 0 aromatic rings. The third-order valence-electron chi connectivity index (χ3n) is 3.40. The minimum absolute atomic E-state index is 0. The molecule has 4 nitrogen and oxygen atoms in total. The summed E-state index contributed by atoms with van der Waals surface area (Å²) in [7, 11) is 6.25. The molecule has 1 heterocycles. The van der Waals surface area contributed by atoms with Gasteiger partial charge in [0.15, 0.2) is 0 Å². The topological polar surface area (TPSA) is 19.0 Å². The molecule has 0 spiro atoms. The Morgan fingerprint density at radius 3 is 1.80 bits per heavy atom. The molecular weight excluding hydrogens is 356 g/mol. The van der Waals surface area contributed by atoms with Gasteiger partial charge in [0.2, 0.25) is 0 Å². The van der Waals surface area contributed by atoms with Crippen molar-refractivity contribution in [2.75, 3.05) is 53.9 Å². The van der Waals surface area contributed by atoms with Crippen LogP contribution in [0.25, 0.3) is 0 Å². The van der Waals surface area contributed by atoms with E-state index in [9.17, 15) is 0 Å². The van der Waals surface area contributed by atoms with E-state index in [2.05, 4.69) is 48.0 Å². The van der Waals surface area contributed by atoms with Crippen molar-refractivity contribution < 1.29 is 62.6 Å². The van der Waals surface area contributed by atoms with Crippen molar-refractivity contribution in [3.63, 3.8) is 0 Å². The summed E-state index contributed by atoms with van der Waals surface area (Å²) in [5.74, 6) is 0. The van der Waals surface area contributed by atoms with Crippen LogP contribution < -0.4 is 37.2 Å². The number of hydrogen-bond donors (Lipinski definition) is 0. The minimum atomic E-state index is 0. The van der Waals surface area contributed by atoms with E-state index in [-0.39, 0.29) is 43.4 Å². The van der Waals surface area contributed by atoms with Crippen LogP contribution in [-0.4, -0.2) is 73.3 Å². The summed E-state index contributed by atoms with van der Waals surface area (Å²) in [5.41, 5.74) is 0. The molecule has 0 bridgehead atoms. The van der Waals surface area contributed by atoms with Crippen LogP contribution in [0.4, 0.5) is 0 Å². The number of hydrogen-bond acceptors (Lipinski definition) is 4. The number of halogens is 3. The number of ether oxygens (including phenoxy) is 1. The summed E-state index contributed by atoms with van der Waals surface area (Å²) in [6, 6.07) is 0. The van der Waals surface area contributed by atoms with E-state index in [0.717, 1.165) is 19.5 Å². The molecule has 0 aliphatic carbocycles. The summed E-state index contributed by atoms with van der Waals surface area (Å²) in [6.07, 6.45) is 3.85. The molecule has 1 atom stereocenters. The molecule has 20 heavy (non-hydrogen) atoms. The van der Waals surface area contributed by atoms with Crippen molar-refractivity contribution in [1.82, 2.24) is 13.2 Å². The summed E-state index contributed by atoms with van der Waals surface area (Å²) < 4.78 is 7.90. The van der Waals surface area contributed by atoms with Crippen LogP contribution in [0, 0.1) is 0 Å². The standard InChI is InChI=1S/C12H26N3O.3ClH.Ti/c1-14-8-4-7-13-12(16-3)6-11-15(2)10-5-9-14;;;;/h12H,4-11H2,1-3H3;3*1H;/q-1;;;;+4/p-3. The Kier molecular flexibility index (Phi) is 20.2. The molecule has 0 aromatic carbocycles. The Hall–Kier alpha value is 1.42. The van der Waals surface area contributed by atoms with Gasteiger partial charge in [0.05, 0.1) is 0 Å². The first-order chi connectivity index (χ1) is 8.13. The SMILES string of the molecule is COC1CCN(C)CCCN(C)CCC[N]1[Ti+3].[Cl-].[Cl-].[Cl-]. The first-order valence-electron chi connectivity index (χ1n) is 6.51. The van der Waals surface area contributed by atoms with Gasteiger partial charge in [-0.25, -0.2) is 0 Å². The molecule has 1 aliphatic rings. The number of nitrogens with zero attached hydrogens (tertiary/aromatic N) is 3. The Morgan fingerprint density at radius 2 is 1.30 bits per heavy atom. The van der Waals surface area contributed by atoms with E-state index in [1.807, 2.05) is 7.11 Å². The van der Waals surface area contributed by atoms with Gasteiger partial charge in [-0.3, -0.25) is 0 Å².